The molecule has 0 spiro atoms. The van der Waals surface area contributed by atoms with E-state index in [0.717, 1.165) is 27.1 Å². The summed E-state index contributed by atoms with van der Waals surface area (Å²) in [4.78, 5) is 42.5. The lowest BCUT2D eigenvalue weighted by atomic mass is 10.1. The SMILES string of the molecule is O=C(CNC(=O)c1ncc(Oc2ccc3ccccc3c2)cc1O)OCc1ccccc1.O=C(O)c1ncc(Oc2ccc3ccccc3c2)cc1O. The Morgan fingerprint density at radius 1 is 0.566 bits per heavy atom. The molecule has 4 N–H and O–H groups in total. The van der Waals surface area contributed by atoms with Gasteiger partial charge in [-0.05, 0) is 51.4 Å². The van der Waals surface area contributed by atoms with Crippen LogP contribution in [0.25, 0.3) is 21.5 Å². The van der Waals surface area contributed by atoms with E-state index in [9.17, 15) is 24.6 Å². The van der Waals surface area contributed by atoms with E-state index in [2.05, 4.69) is 15.3 Å². The molecule has 0 atom stereocenters. The van der Waals surface area contributed by atoms with Crippen molar-refractivity contribution in [1.82, 2.24) is 15.3 Å². The number of pyridine rings is 2. The zero-order chi connectivity index (χ0) is 37.2. The molecule has 2 aromatic heterocycles. The molecule has 0 saturated heterocycles. The van der Waals surface area contributed by atoms with Gasteiger partial charge in [0.2, 0.25) is 0 Å². The Morgan fingerprint density at radius 3 is 1.57 bits per heavy atom. The van der Waals surface area contributed by atoms with E-state index in [-0.39, 0.29) is 36.1 Å². The molecule has 0 aliphatic heterocycles. The Hall–Kier alpha value is -7.47. The Balaban J connectivity index is 0.000000198. The third kappa shape index (κ3) is 9.41. The fourth-order valence-electron chi connectivity index (χ4n) is 5.08. The molecule has 12 nitrogen and oxygen atoms in total. The van der Waals surface area contributed by atoms with Crippen molar-refractivity contribution in [2.45, 2.75) is 6.61 Å². The fraction of sp³-hybridized carbons (Fsp3) is 0.0488. The van der Waals surface area contributed by atoms with Crippen LogP contribution < -0.4 is 14.8 Å². The second kappa shape index (κ2) is 16.5. The summed E-state index contributed by atoms with van der Waals surface area (Å²) in [7, 11) is 0. The number of carboxylic acids is 1. The van der Waals surface area contributed by atoms with Crippen molar-refractivity contribution < 1.29 is 43.9 Å². The van der Waals surface area contributed by atoms with Crippen LogP contribution in [0.2, 0.25) is 0 Å². The quantitative estimate of drug-likeness (QED) is 0.103. The number of ether oxygens (including phenoxy) is 3. The minimum Gasteiger partial charge on any atom is -0.505 e. The summed E-state index contributed by atoms with van der Waals surface area (Å²) in [5, 5.41) is 35.2. The maximum absolute atomic E-state index is 12.3. The maximum Gasteiger partial charge on any atom is 0.358 e. The zero-order valence-electron chi connectivity index (χ0n) is 27.9. The molecule has 0 aliphatic rings. The number of rotatable bonds is 10. The third-order valence-electron chi connectivity index (χ3n) is 7.65. The van der Waals surface area contributed by atoms with Gasteiger partial charge in [-0.2, -0.15) is 0 Å². The molecule has 264 valence electrons. The van der Waals surface area contributed by atoms with E-state index in [1.54, 1.807) is 12.1 Å². The molecule has 7 rings (SSSR count). The molecule has 2 heterocycles. The highest BCUT2D eigenvalue weighted by molar-refractivity contribution is 5.96. The summed E-state index contributed by atoms with van der Waals surface area (Å²) in [6.07, 6.45) is 2.59. The van der Waals surface area contributed by atoms with E-state index >= 15 is 0 Å². The molecule has 7 aromatic rings. The number of aromatic hydroxyl groups is 2. The van der Waals surface area contributed by atoms with E-state index in [0.29, 0.717) is 11.5 Å². The summed E-state index contributed by atoms with van der Waals surface area (Å²) < 4.78 is 16.4. The number of carbonyl (C=O) groups is 3. The van der Waals surface area contributed by atoms with Crippen LogP contribution in [-0.2, 0) is 16.1 Å². The van der Waals surface area contributed by atoms with Gasteiger partial charge in [-0.15, -0.1) is 0 Å². The smallest absolute Gasteiger partial charge is 0.358 e. The van der Waals surface area contributed by atoms with Gasteiger partial charge in [0.15, 0.2) is 22.9 Å². The number of esters is 1. The Bertz CT molecular complexity index is 2420. The molecule has 0 bridgehead atoms. The van der Waals surface area contributed by atoms with E-state index in [1.165, 1.54) is 24.5 Å². The summed E-state index contributed by atoms with van der Waals surface area (Å²) in [6, 6.07) is 38.6. The van der Waals surface area contributed by atoms with Gasteiger partial charge in [0.05, 0.1) is 12.4 Å². The molecular weight excluding hydrogens is 678 g/mol. The number of aromatic nitrogens is 2. The Labute approximate surface area is 302 Å². The molecule has 5 aromatic carbocycles. The lowest BCUT2D eigenvalue weighted by Crippen LogP contribution is -2.31. The second-order valence-electron chi connectivity index (χ2n) is 11.4. The number of fused-ring (bicyclic) bond motifs is 2. The van der Waals surface area contributed by atoms with Crippen molar-refractivity contribution >= 4 is 39.4 Å². The lowest BCUT2D eigenvalue weighted by molar-refractivity contribution is -0.143. The summed E-state index contributed by atoms with van der Waals surface area (Å²) >= 11 is 0. The van der Waals surface area contributed by atoms with E-state index < -0.39 is 29.3 Å². The van der Waals surface area contributed by atoms with Gasteiger partial charge in [0, 0.05) is 12.1 Å². The third-order valence-corrected chi connectivity index (χ3v) is 7.65. The molecule has 0 fully saturated rings. The molecule has 1 amide bonds. The van der Waals surface area contributed by atoms with Crippen molar-refractivity contribution in [3.05, 3.63) is 157 Å². The maximum atomic E-state index is 12.3. The molecule has 0 aliphatic carbocycles. The number of carbonyl (C=O) groups excluding carboxylic acids is 2. The Morgan fingerprint density at radius 2 is 1.06 bits per heavy atom. The average molecular weight is 710 g/mol. The number of benzene rings is 5. The van der Waals surface area contributed by atoms with Crippen molar-refractivity contribution in [2.24, 2.45) is 0 Å². The van der Waals surface area contributed by atoms with E-state index in [1.807, 2.05) is 103 Å². The summed E-state index contributed by atoms with van der Waals surface area (Å²) in [6.45, 7) is -0.234. The first-order valence-electron chi connectivity index (χ1n) is 16.1. The van der Waals surface area contributed by atoms with Crippen LogP contribution in [0, 0.1) is 0 Å². The van der Waals surface area contributed by atoms with Crippen molar-refractivity contribution in [2.75, 3.05) is 6.54 Å². The molecule has 0 saturated carbocycles. The number of hydrogen-bond acceptors (Lipinski definition) is 10. The predicted octanol–water partition coefficient (Wildman–Crippen LogP) is 7.64. The molecule has 0 radical (unpaired) electrons. The normalized spacial score (nSPS) is 10.5. The standard InChI is InChI=1S/C25H20N2O5.C16H11NO4/c28-22-13-21(32-20-11-10-18-8-4-5-9-19(18)12-20)14-26-24(22)25(30)27-15-23(29)31-16-17-6-2-1-3-7-17;18-14-8-13(9-17-15(14)16(19)20)21-12-6-5-10-3-1-2-4-11(10)7-12/h1-14,28H,15-16H2,(H,27,30);1-9,18H,(H,19,20). The van der Waals surface area contributed by atoms with Crippen LogP contribution in [0.4, 0.5) is 0 Å². The van der Waals surface area contributed by atoms with Crippen molar-refractivity contribution in [3.8, 4) is 34.5 Å². The van der Waals surface area contributed by atoms with Crippen LogP contribution >= 0.6 is 0 Å². The first-order valence-corrected chi connectivity index (χ1v) is 16.1. The first kappa shape index (κ1) is 35.4. The van der Waals surface area contributed by atoms with Gasteiger partial charge >= 0.3 is 11.9 Å². The highest BCUT2D eigenvalue weighted by Crippen LogP contribution is 2.30. The number of hydrogen-bond donors (Lipinski definition) is 4. The summed E-state index contributed by atoms with van der Waals surface area (Å²) in [5.41, 5.74) is 0.223. The van der Waals surface area contributed by atoms with Gasteiger partial charge in [0.1, 0.15) is 36.1 Å². The molecule has 0 unspecified atom stereocenters. The monoisotopic (exact) mass is 709 g/mol. The average Bonchev–Trinajstić information content (AvgIpc) is 3.16. The van der Waals surface area contributed by atoms with Crippen molar-refractivity contribution in [3.63, 3.8) is 0 Å². The summed E-state index contributed by atoms with van der Waals surface area (Å²) in [5.74, 6) is -1.68. The minimum absolute atomic E-state index is 0.111. The van der Waals surface area contributed by atoms with Gasteiger partial charge in [-0.25, -0.2) is 14.8 Å². The first-order chi connectivity index (χ1) is 25.7. The number of carboxylic acid groups (broad SMARTS) is 1. The van der Waals surface area contributed by atoms with Crippen molar-refractivity contribution in [1.29, 1.82) is 0 Å². The van der Waals surface area contributed by atoms with E-state index in [4.69, 9.17) is 19.3 Å². The van der Waals surface area contributed by atoms with Crippen LogP contribution in [-0.4, -0.2) is 49.7 Å². The van der Waals surface area contributed by atoms with Gasteiger partial charge in [-0.3, -0.25) is 9.59 Å². The second-order valence-corrected chi connectivity index (χ2v) is 11.4. The fourth-order valence-corrected chi connectivity index (χ4v) is 5.08. The predicted molar refractivity (Wildman–Crippen MR) is 195 cm³/mol. The minimum atomic E-state index is -1.29. The number of nitrogens with zero attached hydrogens (tertiary/aromatic N) is 2. The number of aromatic carboxylic acids is 1. The van der Waals surface area contributed by atoms with Gasteiger partial charge in [0.25, 0.3) is 5.91 Å². The van der Waals surface area contributed by atoms with Crippen LogP contribution in [0.3, 0.4) is 0 Å². The molecule has 53 heavy (non-hydrogen) atoms. The number of nitrogens with one attached hydrogen (secondary N) is 1. The largest absolute Gasteiger partial charge is 0.505 e. The number of amides is 1. The molecular formula is C41H31N3O9. The highest BCUT2D eigenvalue weighted by Gasteiger charge is 2.16. The van der Waals surface area contributed by atoms with Gasteiger partial charge in [-0.1, -0.05) is 91.0 Å². The molecule has 12 heteroatoms. The lowest BCUT2D eigenvalue weighted by Gasteiger charge is -2.10. The van der Waals surface area contributed by atoms with Crippen LogP contribution in [0.5, 0.6) is 34.5 Å². The van der Waals surface area contributed by atoms with Crippen LogP contribution in [0.15, 0.2) is 140 Å². The highest BCUT2D eigenvalue weighted by atomic mass is 16.5. The topological polar surface area (TPSA) is 177 Å². The Kier molecular flexibility index (Phi) is 11.0. The zero-order valence-corrected chi connectivity index (χ0v) is 27.9. The van der Waals surface area contributed by atoms with Gasteiger partial charge < -0.3 is 34.8 Å². The van der Waals surface area contributed by atoms with Crippen LogP contribution in [0.1, 0.15) is 26.5 Å².